The molecule has 0 aromatic carbocycles. The summed E-state index contributed by atoms with van der Waals surface area (Å²) >= 11 is 0. The highest BCUT2D eigenvalue weighted by molar-refractivity contribution is 5.92. The second-order valence-corrected chi connectivity index (χ2v) is 6.91. The van der Waals surface area contributed by atoms with Crippen molar-refractivity contribution in [1.82, 2.24) is 19.4 Å². The molecule has 1 aromatic rings. The summed E-state index contributed by atoms with van der Waals surface area (Å²) < 4.78 is 7.86. The van der Waals surface area contributed by atoms with Gasteiger partial charge in [-0.3, -0.25) is 9.69 Å². The van der Waals surface area contributed by atoms with Crippen molar-refractivity contribution < 1.29 is 9.53 Å². The molecule has 1 amide bonds. The summed E-state index contributed by atoms with van der Waals surface area (Å²) in [4.78, 5) is 21.3. The van der Waals surface area contributed by atoms with Crippen LogP contribution >= 0.6 is 0 Å². The van der Waals surface area contributed by atoms with Gasteiger partial charge in [-0.25, -0.2) is 4.98 Å². The number of aromatic nitrogens is 2. The van der Waals surface area contributed by atoms with E-state index in [2.05, 4.69) is 28.3 Å². The summed E-state index contributed by atoms with van der Waals surface area (Å²) in [6.07, 6.45) is 5.58. The zero-order valence-electron chi connectivity index (χ0n) is 14.5. The molecule has 0 saturated carbocycles. The van der Waals surface area contributed by atoms with Crippen LogP contribution in [0.5, 0.6) is 0 Å². The van der Waals surface area contributed by atoms with Crippen LogP contribution in [0, 0.1) is 0 Å². The van der Waals surface area contributed by atoms with Crippen LogP contribution in [0.2, 0.25) is 0 Å². The molecular weight excluding hydrogens is 292 g/mol. The number of amides is 1. The van der Waals surface area contributed by atoms with Crippen LogP contribution in [0.1, 0.15) is 43.0 Å². The average molecular weight is 320 g/mol. The Hall–Kier alpha value is -1.40. The van der Waals surface area contributed by atoms with Crippen LogP contribution in [-0.4, -0.2) is 70.7 Å². The topological polar surface area (TPSA) is 50.6 Å². The molecule has 0 bridgehead atoms. The second kappa shape index (κ2) is 7.01. The van der Waals surface area contributed by atoms with Gasteiger partial charge in [-0.15, -0.1) is 0 Å². The number of fused-ring (bicyclic) bond motifs is 1. The van der Waals surface area contributed by atoms with Crippen LogP contribution < -0.4 is 0 Å². The van der Waals surface area contributed by atoms with E-state index in [1.165, 1.54) is 6.42 Å². The van der Waals surface area contributed by atoms with E-state index in [4.69, 9.17) is 4.74 Å². The first-order chi connectivity index (χ1) is 11.0. The highest BCUT2D eigenvalue weighted by Crippen LogP contribution is 2.17. The fourth-order valence-electron chi connectivity index (χ4n) is 3.64. The van der Waals surface area contributed by atoms with Crippen molar-refractivity contribution in [1.29, 1.82) is 0 Å². The van der Waals surface area contributed by atoms with Gasteiger partial charge in [0.1, 0.15) is 11.5 Å². The number of carbonyl (C=O) groups excluding carboxylic acids is 1. The molecule has 1 fully saturated rings. The highest BCUT2D eigenvalue weighted by Gasteiger charge is 2.24. The van der Waals surface area contributed by atoms with Gasteiger partial charge in [-0.2, -0.15) is 0 Å². The van der Waals surface area contributed by atoms with Crippen molar-refractivity contribution in [3.63, 3.8) is 0 Å². The summed E-state index contributed by atoms with van der Waals surface area (Å²) in [7, 11) is 1.89. The number of nitrogens with zero attached hydrogens (tertiary/aromatic N) is 4. The summed E-state index contributed by atoms with van der Waals surface area (Å²) in [5.41, 5.74) is 0.742. The molecule has 0 unspecified atom stereocenters. The minimum atomic E-state index is 0.0833. The van der Waals surface area contributed by atoms with E-state index in [-0.39, 0.29) is 18.1 Å². The van der Waals surface area contributed by atoms with Crippen molar-refractivity contribution >= 4 is 5.91 Å². The number of ether oxygens (including phenoxy) is 1. The number of likely N-dealkylation sites (N-methyl/N-ethyl adjacent to an activating group) is 1. The first-order valence-electron chi connectivity index (χ1n) is 8.72. The zero-order valence-corrected chi connectivity index (χ0v) is 14.5. The fraction of sp³-hybridized carbons (Fsp3) is 0.765. The molecule has 6 nitrogen and oxygen atoms in total. The molecule has 1 aromatic heterocycles. The lowest BCUT2D eigenvalue weighted by atomic mass is 10.1. The molecule has 2 aliphatic rings. The maximum Gasteiger partial charge on any atom is 0.271 e. The van der Waals surface area contributed by atoms with E-state index in [0.29, 0.717) is 0 Å². The molecule has 0 aliphatic carbocycles. The normalized spacial score (nSPS) is 25.2. The third-order valence-corrected chi connectivity index (χ3v) is 4.78. The minimum Gasteiger partial charge on any atom is -0.373 e. The molecule has 2 aliphatic heterocycles. The van der Waals surface area contributed by atoms with Crippen molar-refractivity contribution in [3.05, 3.63) is 17.7 Å². The molecule has 0 spiro atoms. The molecule has 3 rings (SSSR count). The van der Waals surface area contributed by atoms with E-state index in [1.54, 1.807) is 6.20 Å². The predicted molar refractivity (Wildman–Crippen MR) is 88.6 cm³/mol. The van der Waals surface area contributed by atoms with Gasteiger partial charge in [-0.1, -0.05) is 0 Å². The Bertz CT molecular complexity index is 547. The predicted octanol–water partition coefficient (Wildman–Crippen LogP) is 1.40. The molecule has 0 N–H and O–H groups in total. The second-order valence-electron chi connectivity index (χ2n) is 6.91. The molecule has 6 heteroatoms. The van der Waals surface area contributed by atoms with E-state index in [0.717, 1.165) is 57.1 Å². The Morgan fingerprint density at radius 3 is 2.83 bits per heavy atom. The van der Waals surface area contributed by atoms with Crippen molar-refractivity contribution in [2.24, 2.45) is 0 Å². The maximum atomic E-state index is 12.7. The SMILES string of the molecule is C[C@@H]1CN(CCN(C)C(=O)c2cnc3n2CCCC3)C[C@H](C)O1. The number of hydrogen-bond acceptors (Lipinski definition) is 4. The van der Waals surface area contributed by atoms with E-state index in [1.807, 2.05) is 11.9 Å². The number of aryl methyl sites for hydroxylation is 1. The lowest BCUT2D eigenvalue weighted by Gasteiger charge is -2.36. The van der Waals surface area contributed by atoms with Gasteiger partial charge in [0.2, 0.25) is 0 Å². The smallest absolute Gasteiger partial charge is 0.271 e. The average Bonchev–Trinajstić information content (AvgIpc) is 2.95. The van der Waals surface area contributed by atoms with Crippen LogP contribution in [0.3, 0.4) is 0 Å². The summed E-state index contributed by atoms with van der Waals surface area (Å²) in [6, 6.07) is 0. The van der Waals surface area contributed by atoms with Gasteiger partial charge >= 0.3 is 0 Å². The summed E-state index contributed by atoms with van der Waals surface area (Å²) in [6.45, 7) is 8.64. The third kappa shape index (κ3) is 3.75. The van der Waals surface area contributed by atoms with Gasteiger partial charge in [-0.05, 0) is 26.7 Å². The Kier molecular flexibility index (Phi) is 5.02. The van der Waals surface area contributed by atoms with Crippen LogP contribution in [0.25, 0.3) is 0 Å². The van der Waals surface area contributed by atoms with Gasteiger partial charge < -0.3 is 14.2 Å². The van der Waals surface area contributed by atoms with E-state index in [9.17, 15) is 4.79 Å². The molecule has 3 heterocycles. The Balaban J connectivity index is 1.56. The van der Waals surface area contributed by atoms with Gasteiger partial charge in [0.05, 0.1) is 18.4 Å². The fourth-order valence-corrected chi connectivity index (χ4v) is 3.64. The molecular formula is C17H28N4O2. The number of carbonyl (C=O) groups is 1. The van der Waals surface area contributed by atoms with Gasteiger partial charge in [0.25, 0.3) is 5.91 Å². The Morgan fingerprint density at radius 1 is 1.35 bits per heavy atom. The maximum absolute atomic E-state index is 12.7. The first kappa shape index (κ1) is 16.5. The molecule has 128 valence electrons. The number of rotatable bonds is 4. The lowest BCUT2D eigenvalue weighted by Crippen LogP contribution is -2.48. The molecule has 23 heavy (non-hydrogen) atoms. The third-order valence-electron chi connectivity index (χ3n) is 4.78. The van der Waals surface area contributed by atoms with Crippen molar-refractivity contribution in [2.45, 2.75) is 51.9 Å². The van der Waals surface area contributed by atoms with Gasteiger partial charge in [0.15, 0.2) is 0 Å². The van der Waals surface area contributed by atoms with Crippen LogP contribution in [0.4, 0.5) is 0 Å². The molecule has 0 radical (unpaired) electrons. The largest absolute Gasteiger partial charge is 0.373 e. The number of hydrogen-bond donors (Lipinski definition) is 0. The standard InChI is InChI=1S/C17H28N4O2/c1-13-11-20(12-14(2)23-13)9-8-19(3)17(22)15-10-18-16-6-4-5-7-21(15)16/h10,13-14H,4-9,11-12H2,1-3H3/t13-,14+. The Morgan fingerprint density at radius 2 is 2.09 bits per heavy atom. The number of imidazole rings is 1. The van der Waals surface area contributed by atoms with E-state index >= 15 is 0 Å². The minimum absolute atomic E-state index is 0.0833. The monoisotopic (exact) mass is 320 g/mol. The summed E-state index contributed by atoms with van der Waals surface area (Å²) in [5, 5.41) is 0. The lowest BCUT2D eigenvalue weighted by molar-refractivity contribution is -0.0685. The quantitative estimate of drug-likeness (QED) is 0.841. The summed E-state index contributed by atoms with van der Waals surface area (Å²) in [5.74, 6) is 1.14. The first-order valence-corrected chi connectivity index (χ1v) is 8.72. The van der Waals surface area contributed by atoms with Crippen LogP contribution in [-0.2, 0) is 17.7 Å². The van der Waals surface area contributed by atoms with E-state index < -0.39 is 0 Å². The van der Waals surface area contributed by atoms with Gasteiger partial charge in [0, 0.05) is 46.2 Å². The molecule has 2 atom stereocenters. The van der Waals surface area contributed by atoms with Crippen LogP contribution in [0.15, 0.2) is 6.20 Å². The van der Waals surface area contributed by atoms with Crippen molar-refractivity contribution in [2.75, 3.05) is 33.2 Å². The van der Waals surface area contributed by atoms with Crippen molar-refractivity contribution in [3.8, 4) is 0 Å². The molecule has 1 saturated heterocycles. The highest BCUT2D eigenvalue weighted by atomic mass is 16.5. The number of morpholine rings is 1. The zero-order chi connectivity index (χ0) is 16.4. The Labute approximate surface area is 138 Å².